The molecule has 3 aromatic carbocycles. The number of benzene rings is 3. The van der Waals surface area contributed by atoms with Gasteiger partial charge in [-0.25, -0.2) is 0 Å². The van der Waals surface area contributed by atoms with E-state index in [1.807, 2.05) is 54.6 Å². The van der Waals surface area contributed by atoms with Gasteiger partial charge in [0.25, 0.3) is 0 Å². The number of carbonyl (C=O) groups is 2. The van der Waals surface area contributed by atoms with E-state index in [2.05, 4.69) is 26.4 Å². The molecular formula is C23H15BrN2O3. The fraction of sp³-hybridized carbons (Fsp3) is 0.0870. The summed E-state index contributed by atoms with van der Waals surface area (Å²) in [5, 5.41) is 7.18. The molecule has 0 fully saturated rings. The Bertz CT molecular complexity index is 1160. The number of Topliss-reactive ketones (excluding diaryl/α,β-unsaturated/α-hetero) is 1. The highest BCUT2D eigenvalue weighted by atomic mass is 79.9. The molecule has 1 spiro atoms. The zero-order valence-electron chi connectivity index (χ0n) is 15.1. The van der Waals surface area contributed by atoms with Gasteiger partial charge in [0.15, 0.2) is 5.41 Å². The molecule has 2 aliphatic rings. The van der Waals surface area contributed by atoms with Gasteiger partial charge in [0, 0.05) is 26.9 Å². The van der Waals surface area contributed by atoms with Crippen LogP contribution in [0.5, 0.6) is 0 Å². The molecule has 0 radical (unpaired) electrons. The van der Waals surface area contributed by atoms with E-state index in [1.54, 1.807) is 24.3 Å². The summed E-state index contributed by atoms with van der Waals surface area (Å²) in [6.45, 7) is 0. The number of anilines is 1. The first-order chi connectivity index (χ1) is 14.1. The smallest absolute Gasteiger partial charge is 0.245 e. The molecule has 2 aliphatic heterocycles. The minimum atomic E-state index is -1.35. The lowest BCUT2D eigenvalue weighted by Crippen LogP contribution is -2.52. The Kier molecular flexibility index (Phi) is 4.10. The van der Waals surface area contributed by atoms with E-state index in [9.17, 15) is 9.59 Å². The van der Waals surface area contributed by atoms with Crippen molar-refractivity contribution in [2.75, 3.05) is 5.32 Å². The van der Waals surface area contributed by atoms with Gasteiger partial charge in [0.1, 0.15) is 5.71 Å². The first-order valence-electron chi connectivity index (χ1n) is 9.13. The van der Waals surface area contributed by atoms with Gasteiger partial charge < -0.3 is 10.2 Å². The van der Waals surface area contributed by atoms with Crippen LogP contribution in [0.4, 0.5) is 5.69 Å². The van der Waals surface area contributed by atoms with Crippen LogP contribution in [0.15, 0.2) is 88.5 Å². The van der Waals surface area contributed by atoms with Crippen molar-refractivity contribution in [2.24, 2.45) is 5.16 Å². The second-order valence-electron chi connectivity index (χ2n) is 6.97. The van der Waals surface area contributed by atoms with Crippen LogP contribution < -0.4 is 5.32 Å². The van der Waals surface area contributed by atoms with Gasteiger partial charge in [-0.05, 0) is 18.2 Å². The molecule has 142 valence electrons. The number of rotatable bonds is 3. The zero-order valence-corrected chi connectivity index (χ0v) is 16.7. The van der Waals surface area contributed by atoms with Gasteiger partial charge in [-0.2, -0.15) is 0 Å². The Morgan fingerprint density at radius 3 is 2.41 bits per heavy atom. The molecule has 0 unspecified atom stereocenters. The lowest BCUT2D eigenvalue weighted by Gasteiger charge is -2.27. The molecule has 0 bridgehead atoms. The fourth-order valence-electron chi connectivity index (χ4n) is 4.04. The highest BCUT2D eigenvalue weighted by Crippen LogP contribution is 2.47. The summed E-state index contributed by atoms with van der Waals surface area (Å²) in [6.07, 6.45) is -1.09. The van der Waals surface area contributed by atoms with Crippen molar-refractivity contribution in [3.05, 3.63) is 100 Å². The number of carbonyl (C=O) groups excluding carboxylic acids is 2. The number of para-hydroxylation sites is 1. The highest BCUT2D eigenvalue weighted by molar-refractivity contribution is 9.10. The number of ketones is 1. The predicted molar refractivity (Wildman–Crippen MR) is 113 cm³/mol. The van der Waals surface area contributed by atoms with Crippen LogP contribution in [-0.4, -0.2) is 23.5 Å². The normalized spacial score (nSPS) is 22.0. The Labute approximate surface area is 175 Å². The van der Waals surface area contributed by atoms with Crippen LogP contribution in [0, 0.1) is 0 Å². The number of oxime groups is 1. The molecule has 2 atom stereocenters. The second-order valence-corrected chi connectivity index (χ2v) is 7.89. The minimum Gasteiger partial charge on any atom is -0.382 e. The van der Waals surface area contributed by atoms with Crippen molar-refractivity contribution in [1.29, 1.82) is 0 Å². The first kappa shape index (κ1) is 17.8. The summed E-state index contributed by atoms with van der Waals surface area (Å²) in [6, 6.07) is 23.7. The molecule has 5 rings (SSSR count). The summed E-state index contributed by atoms with van der Waals surface area (Å²) >= 11 is 3.43. The van der Waals surface area contributed by atoms with E-state index in [0.717, 1.165) is 10.0 Å². The molecule has 6 heteroatoms. The number of fused-ring (bicyclic) bond motifs is 2. The van der Waals surface area contributed by atoms with E-state index < -0.39 is 11.5 Å². The van der Waals surface area contributed by atoms with Crippen LogP contribution in [0.2, 0.25) is 0 Å². The average molecular weight is 447 g/mol. The molecular weight excluding hydrogens is 432 g/mol. The van der Waals surface area contributed by atoms with E-state index in [0.29, 0.717) is 22.5 Å². The third-order valence-electron chi connectivity index (χ3n) is 5.39. The summed E-state index contributed by atoms with van der Waals surface area (Å²) in [4.78, 5) is 32.5. The van der Waals surface area contributed by atoms with E-state index >= 15 is 0 Å². The average Bonchev–Trinajstić information content (AvgIpc) is 3.29. The summed E-state index contributed by atoms with van der Waals surface area (Å²) < 4.78 is 0.906. The van der Waals surface area contributed by atoms with Crippen molar-refractivity contribution < 1.29 is 14.4 Å². The predicted octanol–water partition coefficient (Wildman–Crippen LogP) is 4.33. The SMILES string of the molecule is O=C(c1ccccc1)[C@H]1ON=C(c2ccc(Br)cc2)[C@@]12C(=O)Nc1ccccc12. The Hall–Kier alpha value is -3.25. The molecule has 3 aromatic rings. The first-order valence-corrected chi connectivity index (χ1v) is 9.92. The van der Waals surface area contributed by atoms with Crippen LogP contribution in [0.25, 0.3) is 0 Å². The third kappa shape index (κ3) is 2.56. The van der Waals surface area contributed by atoms with E-state index in [-0.39, 0.29) is 11.7 Å². The number of amides is 1. The highest BCUT2D eigenvalue weighted by Gasteiger charge is 2.63. The molecule has 1 N–H and O–H groups in total. The maximum absolute atomic E-state index is 13.4. The molecule has 5 nitrogen and oxygen atoms in total. The van der Waals surface area contributed by atoms with Crippen molar-refractivity contribution in [3.8, 4) is 0 Å². The summed E-state index contributed by atoms with van der Waals surface area (Å²) in [5.74, 6) is -0.597. The second kappa shape index (κ2) is 6.67. The fourth-order valence-corrected chi connectivity index (χ4v) is 4.31. The number of nitrogens with zero attached hydrogens (tertiary/aromatic N) is 1. The zero-order chi connectivity index (χ0) is 20.0. The Balaban J connectivity index is 1.72. The Morgan fingerprint density at radius 1 is 0.966 bits per heavy atom. The lowest BCUT2D eigenvalue weighted by molar-refractivity contribution is -0.120. The number of nitrogens with one attached hydrogen (secondary N) is 1. The van der Waals surface area contributed by atoms with Crippen molar-refractivity contribution in [3.63, 3.8) is 0 Å². The van der Waals surface area contributed by atoms with Crippen molar-refractivity contribution in [1.82, 2.24) is 0 Å². The number of halogens is 1. The minimum absolute atomic E-state index is 0.284. The molecule has 29 heavy (non-hydrogen) atoms. The van der Waals surface area contributed by atoms with E-state index in [1.165, 1.54) is 0 Å². The molecule has 0 aromatic heterocycles. The maximum atomic E-state index is 13.4. The van der Waals surface area contributed by atoms with Gasteiger partial charge in [-0.3, -0.25) is 9.59 Å². The van der Waals surface area contributed by atoms with Crippen molar-refractivity contribution in [2.45, 2.75) is 11.5 Å². The van der Waals surface area contributed by atoms with Crippen LogP contribution in [0.3, 0.4) is 0 Å². The summed E-state index contributed by atoms with van der Waals surface area (Å²) in [7, 11) is 0. The standard InChI is InChI=1S/C23H15BrN2O3/c24-16-12-10-15(11-13-16)20-23(17-8-4-5-9-18(17)25-22(23)28)21(29-26-20)19(27)14-6-2-1-3-7-14/h1-13,21H,(H,25,28)/t21-,23-/m1/s1. The largest absolute Gasteiger partial charge is 0.382 e. The van der Waals surface area contributed by atoms with Crippen LogP contribution in [-0.2, 0) is 15.0 Å². The molecule has 2 heterocycles. The quantitative estimate of drug-likeness (QED) is 0.608. The maximum Gasteiger partial charge on any atom is 0.245 e. The molecule has 1 amide bonds. The number of hydrogen-bond donors (Lipinski definition) is 1. The molecule has 0 aliphatic carbocycles. The van der Waals surface area contributed by atoms with Gasteiger partial charge in [-0.15, -0.1) is 0 Å². The topological polar surface area (TPSA) is 67.8 Å². The monoisotopic (exact) mass is 446 g/mol. The van der Waals surface area contributed by atoms with Gasteiger partial charge in [0.05, 0.1) is 0 Å². The van der Waals surface area contributed by atoms with Crippen molar-refractivity contribution >= 4 is 39.0 Å². The molecule has 0 saturated carbocycles. The lowest BCUT2D eigenvalue weighted by atomic mass is 9.69. The van der Waals surface area contributed by atoms with Gasteiger partial charge >= 0.3 is 0 Å². The third-order valence-corrected chi connectivity index (χ3v) is 5.92. The van der Waals surface area contributed by atoms with Crippen LogP contribution in [0.1, 0.15) is 21.5 Å². The van der Waals surface area contributed by atoms with Gasteiger partial charge in [0.2, 0.25) is 17.8 Å². The number of hydrogen-bond acceptors (Lipinski definition) is 4. The molecule has 0 saturated heterocycles. The Morgan fingerprint density at radius 2 is 1.66 bits per heavy atom. The summed E-state index contributed by atoms with van der Waals surface area (Å²) in [5.41, 5.74) is 1.64. The van der Waals surface area contributed by atoms with Gasteiger partial charge in [-0.1, -0.05) is 81.7 Å². The van der Waals surface area contributed by atoms with E-state index in [4.69, 9.17) is 4.84 Å². The van der Waals surface area contributed by atoms with Crippen LogP contribution >= 0.6 is 15.9 Å².